The molecule has 43 heavy (non-hydrogen) atoms. The molecular weight excluding hydrogens is 564 g/mol. The Hall–Kier alpha value is -3.68. The van der Waals surface area contributed by atoms with Gasteiger partial charge in [0.25, 0.3) is 5.56 Å². The summed E-state index contributed by atoms with van der Waals surface area (Å²) in [6.45, 7) is 7.70. The Balaban J connectivity index is 1.45. The van der Waals surface area contributed by atoms with Crippen molar-refractivity contribution in [3.05, 3.63) is 68.7 Å². The van der Waals surface area contributed by atoms with Crippen LogP contribution in [-0.4, -0.2) is 27.3 Å². The summed E-state index contributed by atoms with van der Waals surface area (Å²) >= 11 is 1.34. The molecule has 6 rings (SSSR count). The molecule has 10 heteroatoms. The fourth-order valence-corrected chi connectivity index (χ4v) is 8.52. The lowest BCUT2D eigenvalue weighted by Crippen LogP contribution is -2.48. The normalized spacial score (nSPS) is 22.5. The Morgan fingerprint density at radius 3 is 2.51 bits per heavy atom. The maximum atomic E-state index is 14.3. The Morgan fingerprint density at radius 2 is 1.88 bits per heavy atom. The Morgan fingerprint density at radius 1 is 1.16 bits per heavy atom. The quantitative estimate of drug-likeness (QED) is 0.228. The highest BCUT2D eigenvalue weighted by atomic mass is 32.1. The van der Waals surface area contributed by atoms with Gasteiger partial charge in [-0.15, -0.1) is 11.3 Å². The first-order chi connectivity index (χ1) is 20.6. The van der Waals surface area contributed by atoms with E-state index in [0.717, 1.165) is 41.7 Å². The first-order valence-electron chi connectivity index (χ1n) is 14.9. The van der Waals surface area contributed by atoms with E-state index in [1.54, 1.807) is 17.9 Å². The van der Waals surface area contributed by atoms with Crippen molar-refractivity contribution in [1.29, 1.82) is 5.26 Å². The molecule has 3 atom stereocenters. The third kappa shape index (κ3) is 5.34. The molecule has 2 saturated carbocycles. The Labute approximate surface area is 254 Å². The predicted molar refractivity (Wildman–Crippen MR) is 165 cm³/mol. The number of oxazole rings is 1. The SMILES string of the molecule is COc1ccccc1C(Cn1c(=O)n(C(C)(C)C)c(=O)c2c(C)c(-c3ncco3)sc21)OC1CC2CC(CC#N)CC2C1. The number of aromatic nitrogens is 3. The highest BCUT2D eigenvalue weighted by molar-refractivity contribution is 7.22. The van der Waals surface area contributed by atoms with Gasteiger partial charge in [-0.3, -0.25) is 13.9 Å². The minimum Gasteiger partial charge on any atom is -0.496 e. The molecule has 0 saturated heterocycles. The molecule has 226 valence electrons. The van der Waals surface area contributed by atoms with Gasteiger partial charge in [0.2, 0.25) is 5.89 Å². The summed E-state index contributed by atoms with van der Waals surface area (Å²) in [5.74, 6) is 2.71. The minimum atomic E-state index is -0.745. The van der Waals surface area contributed by atoms with Gasteiger partial charge >= 0.3 is 5.69 Å². The van der Waals surface area contributed by atoms with Gasteiger partial charge in [-0.2, -0.15) is 5.26 Å². The van der Waals surface area contributed by atoms with Gasteiger partial charge in [-0.1, -0.05) is 18.2 Å². The summed E-state index contributed by atoms with van der Waals surface area (Å²) in [4.78, 5) is 33.8. The zero-order valence-corrected chi connectivity index (χ0v) is 26.1. The molecule has 0 spiro atoms. The standard InChI is InChI=1S/C33H38N4O5S/c1-19-27-30(38)37(33(2,3)4)32(39)36(31(27)43-28(19)29-35-12-13-41-29)18-26(24-8-6-7-9-25(24)40-5)42-23-16-21-14-20(10-11-34)15-22(21)17-23/h6-9,12-13,20-23,26H,10,14-18H2,1-5H3. The molecule has 9 nitrogen and oxygen atoms in total. The van der Waals surface area contributed by atoms with Crippen LogP contribution in [-0.2, 0) is 16.8 Å². The molecule has 2 aliphatic rings. The number of benzene rings is 1. The van der Waals surface area contributed by atoms with Crippen LogP contribution in [0.15, 0.2) is 50.7 Å². The van der Waals surface area contributed by atoms with Crippen LogP contribution < -0.4 is 16.0 Å². The summed E-state index contributed by atoms with van der Waals surface area (Å²) in [7, 11) is 1.64. The van der Waals surface area contributed by atoms with E-state index in [1.807, 2.05) is 52.0 Å². The number of nitrogens with zero attached hydrogens (tertiary/aromatic N) is 4. The van der Waals surface area contributed by atoms with E-state index in [9.17, 15) is 14.9 Å². The van der Waals surface area contributed by atoms with Crippen molar-refractivity contribution in [3.63, 3.8) is 0 Å². The Bertz CT molecular complexity index is 1770. The lowest BCUT2D eigenvalue weighted by Gasteiger charge is -2.27. The lowest BCUT2D eigenvalue weighted by molar-refractivity contribution is -0.0242. The van der Waals surface area contributed by atoms with Gasteiger partial charge in [-0.25, -0.2) is 9.78 Å². The number of hydrogen-bond donors (Lipinski definition) is 0. The molecule has 3 aromatic heterocycles. The molecule has 0 N–H and O–H groups in total. The van der Waals surface area contributed by atoms with Crippen molar-refractivity contribution in [2.75, 3.05) is 7.11 Å². The molecule has 2 aliphatic carbocycles. The number of methoxy groups -OCH3 is 1. The third-order valence-corrected chi connectivity index (χ3v) is 10.5. The minimum absolute atomic E-state index is 0.0283. The van der Waals surface area contributed by atoms with E-state index >= 15 is 0 Å². The molecule has 0 radical (unpaired) electrons. The van der Waals surface area contributed by atoms with E-state index in [4.69, 9.17) is 13.9 Å². The molecule has 0 aliphatic heterocycles. The summed E-state index contributed by atoms with van der Waals surface area (Å²) in [5, 5.41) is 9.68. The summed E-state index contributed by atoms with van der Waals surface area (Å²) in [6, 6.07) is 10.1. The molecule has 0 bridgehead atoms. The number of para-hydroxylation sites is 1. The van der Waals surface area contributed by atoms with E-state index in [0.29, 0.717) is 46.0 Å². The maximum Gasteiger partial charge on any atom is 0.332 e. The number of rotatable bonds is 8. The first-order valence-corrected chi connectivity index (χ1v) is 15.8. The molecular formula is C33H38N4O5S. The largest absolute Gasteiger partial charge is 0.496 e. The van der Waals surface area contributed by atoms with E-state index in [1.165, 1.54) is 22.2 Å². The van der Waals surface area contributed by atoms with Crippen molar-refractivity contribution in [1.82, 2.24) is 14.1 Å². The highest BCUT2D eigenvalue weighted by Crippen LogP contribution is 2.50. The summed E-state index contributed by atoms with van der Waals surface area (Å²) in [6.07, 6.45) is 7.27. The highest BCUT2D eigenvalue weighted by Gasteiger charge is 2.43. The molecule has 3 heterocycles. The zero-order valence-electron chi connectivity index (χ0n) is 25.3. The molecule has 1 aromatic carbocycles. The van der Waals surface area contributed by atoms with Gasteiger partial charge in [-0.05, 0) is 82.8 Å². The van der Waals surface area contributed by atoms with Crippen LogP contribution in [0, 0.1) is 36.0 Å². The van der Waals surface area contributed by atoms with Gasteiger partial charge in [0.05, 0.1) is 42.3 Å². The Kier molecular flexibility index (Phi) is 7.82. The average molecular weight is 603 g/mol. The van der Waals surface area contributed by atoms with E-state index in [2.05, 4.69) is 11.1 Å². The number of thiophene rings is 1. The lowest BCUT2D eigenvalue weighted by atomic mass is 10.00. The van der Waals surface area contributed by atoms with Crippen LogP contribution in [0.1, 0.15) is 70.1 Å². The monoisotopic (exact) mass is 602 g/mol. The maximum absolute atomic E-state index is 14.3. The number of aryl methyl sites for hydroxylation is 1. The molecule has 2 fully saturated rings. The van der Waals surface area contributed by atoms with Crippen LogP contribution in [0.3, 0.4) is 0 Å². The fraction of sp³-hybridized carbons (Fsp3) is 0.515. The van der Waals surface area contributed by atoms with Crippen molar-refractivity contribution in [2.45, 2.75) is 84.1 Å². The zero-order chi connectivity index (χ0) is 30.5. The smallest absolute Gasteiger partial charge is 0.332 e. The van der Waals surface area contributed by atoms with Crippen molar-refractivity contribution < 1.29 is 13.9 Å². The fourth-order valence-electron chi connectivity index (χ4n) is 7.28. The van der Waals surface area contributed by atoms with Crippen LogP contribution in [0.2, 0.25) is 0 Å². The predicted octanol–water partition coefficient (Wildman–Crippen LogP) is 6.43. The second kappa shape index (κ2) is 11.4. The second-order valence-electron chi connectivity index (χ2n) is 13.0. The third-order valence-electron chi connectivity index (χ3n) is 9.15. The molecule has 3 unspecified atom stereocenters. The number of ether oxygens (including phenoxy) is 2. The van der Waals surface area contributed by atoms with E-state index < -0.39 is 11.6 Å². The summed E-state index contributed by atoms with van der Waals surface area (Å²) in [5.41, 5.74) is 0.159. The van der Waals surface area contributed by atoms with Crippen molar-refractivity contribution in [2.24, 2.45) is 17.8 Å². The second-order valence-corrected chi connectivity index (χ2v) is 14.0. The first kappa shape index (κ1) is 29.4. The van der Waals surface area contributed by atoms with Crippen LogP contribution in [0.25, 0.3) is 21.0 Å². The van der Waals surface area contributed by atoms with Crippen molar-refractivity contribution >= 4 is 21.6 Å². The number of fused-ring (bicyclic) bond motifs is 2. The van der Waals surface area contributed by atoms with Gasteiger partial charge in [0, 0.05) is 17.5 Å². The van der Waals surface area contributed by atoms with Crippen molar-refractivity contribution in [3.8, 4) is 22.6 Å². The molecule has 0 amide bonds. The van der Waals surface area contributed by atoms with Gasteiger partial charge in [0.1, 0.15) is 22.9 Å². The topological polar surface area (TPSA) is 112 Å². The van der Waals surface area contributed by atoms with E-state index in [-0.39, 0.29) is 23.9 Å². The van der Waals surface area contributed by atoms with Crippen LogP contribution in [0.4, 0.5) is 0 Å². The number of nitriles is 1. The molecule has 4 aromatic rings. The number of hydrogen-bond acceptors (Lipinski definition) is 8. The van der Waals surface area contributed by atoms with Gasteiger partial charge < -0.3 is 13.9 Å². The van der Waals surface area contributed by atoms with Crippen LogP contribution >= 0.6 is 11.3 Å². The van der Waals surface area contributed by atoms with Crippen LogP contribution in [0.5, 0.6) is 5.75 Å². The average Bonchev–Trinajstić information content (AvgIpc) is 3.74. The van der Waals surface area contributed by atoms with Gasteiger partial charge in [0.15, 0.2) is 0 Å². The summed E-state index contributed by atoms with van der Waals surface area (Å²) < 4.78 is 21.3.